The lowest BCUT2D eigenvalue weighted by Gasteiger charge is -2.34. The summed E-state index contributed by atoms with van der Waals surface area (Å²) in [5, 5.41) is 0. The van der Waals surface area contributed by atoms with Crippen molar-refractivity contribution in [2.75, 3.05) is 13.1 Å². The lowest BCUT2D eigenvalue weighted by Crippen LogP contribution is -2.46. The number of halogens is 3. The maximum absolute atomic E-state index is 12.6. The summed E-state index contributed by atoms with van der Waals surface area (Å²) in [4.78, 5) is 14.3. The molecule has 1 aliphatic carbocycles. The number of likely N-dealkylation sites (tertiary alicyclic amines) is 1. The van der Waals surface area contributed by atoms with Crippen molar-refractivity contribution in [3.8, 4) is 0 Å². The van der Waals surface area contributed by atoms with E-state index in [-0.39, 0.29) is 30.7 Å². The van der Waals surface area contributed by atoms with Crippen molar-refractivity contribution in [3.63, 3.8) is 0 Å². The standard InChI is InChI=1S/C14H23F3N2O/c1-9-6-7-19(12(9)8-18)13(20)10-2-4-11(5-3-10)14(15,16)17/h9-12H,2-8,18H2,1H3. The summed E-state index contributed by atoms with van der Waals surface area (Å²) >= 11 is 0. The summed E-state index contributed by atoms with van der Waals surface area (Å²) in [5.74, 6) is -1.07. The molecule has 1 saturated carbocycles. The minimum Gasteiger partial charge on any atom is -0.338 e. The number of rotatable bonds is 2. The molecule has 0 spiro atoms. The van der Waals surface area contributed by atoms with Gasteiger partial charge in [0, 0.05) is 25.0 Å². The van der Waals surface area contributed by atoms with Crippen LogP contribution in [0.3, 0.4) is 0 Å². The first-order valence-corrected chi connectivity index (χ1v) is 7.41. The molecule has 1 saturated heterocycles. The third-order valence-corrected chi connectivity index (χ3v) is 4.95. The largest absolute Gasteiger partial charge is 0.391 e. The Balaban J connectivity index is 1.92. The van der Waals surface area contributed by atoms with E-state index in [2.05, 4.69) is 6.92 Å². The Morgan fingerprint density at radius 2 is 1.80 bits per heavy atom. The molecule has 116 valence electrons. The molecule has 2 N–H and O–H groups in total. The molecule has 3 nitrogen and oxygen atoms in total. The second-order valence-corrected chi connectivity index (χ2v) is 6.19. The van der Waals surface area contributed by atoms with Crippen LogP contribution in [0.2, 0.25) is 0 Å². The number of carbonyl (C=O) groups is 1. The summed E-state index contributed by atoms with van der Waals surface area (Å²) < 4.78 is 37.9. The van der Waals surface area contributed by atoms with Crippen molar-refractivity contribution in [1.29, 1.82) is 0 Å². The Bertz CT molecular complexity index is 351. The Kier molecular flexibility index (Phi) is 4.62. The number of hydrogen-bond acceptors (Lipinski definition) is 2. The number of hydrogen-bond donors (Lipinski definition) is 1. The fraction of sp³-hybridized carbons (Fsp3) is 0.929. The zero-order valence-corrected chi connectivity index (χ0v) is 11.8. The van der Waals surface area contributed by atoms with Gasteiger partial charge in [0.05, 0.1) is 5.92 Å². The summed E-state index contributed by atoms with van der Waals surface area (Å²) in [7, 11) is 0. The van der Waals surface area contributed by atoms with Crippen LogP contribution >= 0.6 is 0 Å². The summed E-state index contributed by atoms with van der Waals surface area (Å²) in [6.07, 6.45) is -2.31. The van der Waals surface area contributed by atoms with E-state index in [1.165, 1.54) is 0 Å². The second-order valence-electron chi connectivity index (χ2n) is 6.19. The van der Waals surface area contributed by atoms with Crippen LogP contribution in [0.1, 0.15) is 39.0 Å². The number of amides is 1. The molecule has 1 aliphatic heterocycles. The molecular formula is C14H23F3N2O. The first-order chi connectivity index (χ1) is 9.34. The van der Waals surface area contributed by atoms with Gasteiger partial charge in [0.25, 0.3) is 0 Å². The molecule has 0 radical (unpaired) electrons. The van der Waals surface area contributed by atoms with E-state index in [1.807, 2.05) is 4.90 Å². The summed E-state index contributed by atoms with van der Waals surface area (Å²) in [6, 6.07) is 0.0582. The number of alkyl halides is 3. The van der Waals surface area contributed by atoms with E-state index >= 15 is 0 Å². The first kappa shape index (κ1) is 15.6. The Morgan fingerprint density at radius 1 is 1.20 bits per heavy atom. The number of nitrogens with two attached hydrogens (primary N) is 1. The molecule has 0 aromatic rings. The lowest BCUT2D eigenvalue weighted by atomic mass is 9.81. The van der Waals surface area contributed by atoms with E-state index in [0.717, 1.165) is 6.42 Å². The highest BCUT2D eigenvalue weighted by molar-refractivity contribution is 5.79. The molecule has 2 atom stereocenters. The van der Waals surface area contributed by atoms with Gasteiger partial charge in [0.2, 0.25) is 5.91 Å². The van der Waals surface area contributed by atoms with Gasteiger partial charge >= 0.3 is 6.18 Å². The minimum atomic E-state index is -4.12. The highest BCUT2D eigenvalue weighted by atomic mass is 19.4. The maximum atomic E-state index is 12.6. The Hall–Kier alpha value is -0.780. The van der Waals surface area contributed by atoms with E-state index in [9.17, 15) is 18.0 Å². The van der Waals surface area contributed by atoms with Gasteiger partial charge < -0.3 is 10.6 Å². The van der Waals surface area contributed by atoms with Gasteiger partial charge in [-0.3, -0.25) is 4.79 Å². The molecule has 6 heteroatoms. The highest BCUT2D eigenvalue weighted by Gasteiger charge is 2.44. The first-order valence-electron chi connectivity index (χ1n) is 7.41. The van der Waals surface area contributed by atoms with Crippen LogP contribution in [0.15, 0.2) is 0 Å². The summed E-state index contributed by atoms with van der Waals surface area (Å²) in [6.45, 7) is 3.21. The van der Waals surface area contributed by atoms with Gasteiger partial charge in [0.15, 0.2) is 0 Å². The van der Waals surface area contributed by atoms with Crippen LogP contribution < -0.4 is 5.73 Å². The zero-order valence-electron chi connectivity index (χ0n) is 11.8. The molecule has 2 aliphatic rings. The smallest absolute Gasteiger partial charge is 0.338 e. The van der Waals surface area contributed by atoms with Crippen molar-refractivity contribution in [1.82, 2.24) is 4.90 Å². The van der Waals surface area contributed by atoms with Crippen molar-refractivity contribution >= 4 is 5.91 Å². The van der Waals surface area contributed by atoms with Crippen molar-refractivity contribution in [2.24, 2.45) is 23.5 Å². The predicted octanol–water partition coefficient (Wildman–Crippen LogP) is 2.55. The second kappa shape index (κ2) is 5.92. The van der Waals surface area contributed by atoms with Crippen molar-refractivity contribution in [3.05, 3.63) is 0 Å². The molecule has 1 heterocycles. The van der Waals surface area contributed by atoms with E-state index in [1.54, 1.807) is 0 Å². The number of carbonyl (C=O) groups excluding carboxylic acids is 1. The van der Waals surface area contributed by atoms with Gasteiger partial charge in [-0.1, -0.05) is 6.92 Å². The molecule has 0 aromatic carbocycles. The molecule has 2 unspecified atom stereocenters. The van der Waals surface area contributed by atoms with Crippen LogP contribution in [-0.4, -0.2) is 36.1 Å². The molecular weight excluding hydrogens is 269 g/mol. The molecule has 0 bridgehead atoms. The third kappa shape index (κ3) is 3.10. The van der Waals surface area contributed by atoms with Gasteiger partial charge in [-0.25, -0.2) is 0 Å². The fourth-order valence-corrected chi connectivity index (χ4v) is 3.54. The lowest BCUT2D eigenvalue weighted by molar-refractivity contribution is -0.185. The van der Waals surface area contributed by atoms with Crippen molar-refractivity contribution < 1.29 is 18.0 Å². The average Bonchev–Trinajstić information content (AvgIpc) is 2.78. The van der Waals surface area contributed by atoms with E-state index in [0.29, 0.717) is 31.8 Å². The van der Waals surface area contributed by atoms with Gasteiger partial charge in [-0.15, -0.1) is 0 Å². The average molecular weight is 292 g/mol. The Morgan fingerprint density at radius 3 is 2.30 bits per heavy atom. The Labute approximate surface area is 117 Å². The zero-order chi connectivity index (χ0) is 14.9. The molecule has 20 heavy (non-hydrogen) atoms. The minimum absolute atomic E-state index is 0.0189. The highest BCUT2D eigenvalue weighted by Crippen LogP contribution is 2.40. The van der Waals surface area contributed by atoms with Crippen LogP contribution in [0.25, 0.3) is 0 Å². The quantitative estimate of drug-likeness (QED) is 0.850. The molecule has 2 rings (SSSR count). The fourth-order valence-electron chi connectivity index (χ4n) is 3.54. The molecule has 1 amide bonds. The molecule has 0 aromatic heterocycles. The maximum Gasteiger partial charge on any atom is 0.391 e. The predicted molar refractivity (Wildman–Crippen MR) is 69.8 cm³/mol. The van der Waals surface area contributed by atoms with Crippen LogP contribution in [0.4, 0.5) is 13.2 Å². The van der Waals surface area contributed by atoms with Gasteiger partial charge in [-0.05, 0) is 38.0 Å². The normalized spacial score (nSPS) is 35.4. The summed E-state index contributed by atoms with van der Waals surface area (Å²) in [5.41, 5.74) is 5.72. The van der Waals surface area contributed by atoms with Gasteiger partial charge in [0.1, 0.15) is 0 Å². The van der Waals surface area contributed by atoms with Crippen molar-refractivity contribution in [2.45, 2.75) is 51.2 Å². The van der Waals surface area contributed by atoms with Gasteiger partial charge in [-0.2, -0.15) is 13.2 Å². The van der Waals surface area contributed by atoms with Crippen LogP contribution in [0.5, 0.6) is 0 Å². The van der Waals surface area contributed by atoms with Crippen LogP contribution in [0, 0.1) is 17.8 Å². The topological polar surface area (TPSA) is 46.3 Å². The van der Waals surface area contributed by atoms with Crippen LogP contribution in [-0.2, 0) is 4.79 Å². The SMILES string of the molecule is CC1CCN(C(=O)C2CCC(C(F)(F)F)CC2)C1CN. The monoisotopic (exact) mass is 292 g/mol. The number of nitrogens with zero attached hydrogens (tertiary/aromatic N) is 1. The third-order valence-electron chi connectivity index (χ3n) is 4.95. The molecule has 2 fully saturated rings. The van der Waals surface area contributed by atoms with E-state index < -0.39 is 12.1 Å². The van der Waals surface area contributed by atoms with E-state index in [4.69, 9.17) is 5.73 Å².